The molecule has 3 rings (SSSR count). The summed E-state index contributed by atoms with van der Waals surface area (Å²) in [4.78, 5) is 38.8. The zero-order chi connectivity index (χ0) is 18.0. The lowest BCUT2D eigenvalue weighted by atomic mass is 9.87. The van der Waals surface area contributed by atoms with Crippen LogP contribution < -0.4 is 0 Å². The molecule has 0 radical (unpaired) electrons. The van der Waals surface area contributed by atoms with Crippen LogP contribution in [0.5, 0.6) is 0 Å². The second kappa shape index (κ2) is 7.61. The summed E-state index contributed by atoms with van der Waals surface area (Å²) in [6, 6.07) is 0. The Hall–Kier alpha value is -1.80. The van der Waals surface area contributed by atoms with Gasteiger partial charge in [-0.25, -0.2) is 9.78 Å². The van der Waals surface area contributed by atoms with E-state index in [2.05, 4.69) is 4.98 Å². The first-order chi connectivity index (χ1) is 12.0. The van der Waals surface area contributed by atoms with Crippen LogP contribution in [0.2, 0.25) is 0 Å². The second-order valence-electron chi connectivity index (χ2n) is 6.29. The molecule has 1 aromatic rings. The molecular formula is C17H21NO6S. The van der Waals surface area contributed by atoms with Crippen LogP contribution in [0.3, 0.4) is 0 Å². The molecule has 8 heteroatoms. The Morgan fingerprint density at radius 2 is 2.24 bits per heavy atom. The average Bonchev–Trinajstić information content (AvgIpc) is 3.18. The maximum Gasteiger partial charge on any atom is 0.357 e. The van der Waals surface area contributed by atoms with Crippen LogP contribution in [-0.4, -0.2) is 42.0 Å². The lowest BCUT2D eigenvalue weighted by Gasteiger charge is -2.32. The molecule has 0 amide bonds. The van der Waals surface area contributed by atoms with Crippen molar-refractivity contribution in [2.45, 2.75) is 51.4 Å². The predicted molar refractivity (Wildman–Crippen MR) is 88.1 cm³/mol. The largest absolute Gasteiger partial charge is 0.462 e. The quantitative estimate of drug-likeness (QED) is 0.582. The van der Waals surface area contributed by atoms with Crippen molar-refractivity contribution in [3.05, 3.63) is 16.1 Å². The third kappa shape index (κ3) is 3.74. The fraction of sp³-hybridized carbons (Fsp3) is 0.647. The molecule has 136 valence electrons. The minimum atomic E-state index is -0.435. The van der Waals surface area contributed by atoms with E-state index >= 15 is 0 Å². The molecule has 1 saturated carbocycles. The van der Waals surface area contributed by atoms with Gasteiger partial charge in [-0.15, -0.1) is 11.3 Å². The lowest BCUT2D eigenvalue weighted by molar-refractivity contribution is -0.148. The molecule has 0 aromatic carbocycles. The summed E-state index contributed by atoms with van der Waals surface area (Å²) in [7, 11) is 0. The van der Waals surface area contributed by atoms with Crippen LogP contribution in [0.25, 0.3) is 0 Å². The number of hydrogen-bond donors (Lipinski definition) is 0. The average molecular weight is 367 g/mol. The normalized spacial score (nSPS) is 31.2. The summed E-state index contributed by atoms with van der Waals surface area (Å²) in [5, 5.41) is 2.41. The van der Waals surface area contributed by atoms with Crippen LogP contribution in [-0.2, 0) is 23.8 Å². The third-order valence-corrected chi connectivity index (χ3v) is 5.66. The molecule has 0 N–H and O–H groups in total. The fourth-order valence-corrected chi connectivity index (χ4v) is 4.54. The van der Waals surface area contributed by atoms with Crippen molar-refractivity contribution < 1.29 is 28.6 Å². The summed E-state index contributed by atoms with van der Waals surface area (Å²) in [5.74, 6) is -1.08. The van der Waals surface area contributed by atoms with Crippen molar-refractivity contribution in [2.75, 3.05) is 6.61 Å². The van der Waals surface area contributed by atoms with Gasteiger partial charge in [-0.3, -0.25) is 4.79 Å². The minimum absolute atomic E-state index is 0.0580. The highest BCUT2D eigenvalue weighted by Gasteiger charge is 2.49. The van der Waals surface area contributed by atoms with Gasteiger partial charge in [-0.1, -0.05) is 0 Å². The number of aldehydes is 1. The van der Waals surface area contributed by atoms with Crippen LogP contribution >= 0.6 is 11.3 Å². The Bertz CT molecular complexity index is 659. The number of rotatable bonds is 5. The third-order valence-electron chi connectivity index (χ3n) is 4.72. The van der Waals surface area contributed by atoms with E-state index in [-0.39, 0.29) is 30.0 Å². The molecular weight excluding hydrogens is 346 g/mol. The summed E-state index contributed by atoms with van der Waals surface area (Å²) in [6.07, 6.45) is 2.13. The molecule has 0 unspecified atom stereocenters. The van der Waals surface area contributed by atoms with Crippen molar-refractivity contribution in [2.24, 2.45) is 11.8 Å². The first kappa shape index (κ1) is 18.0. The highest BCUT2D eigenvalue weighted by atomic mass is 32.1. The van der Waals surface area contributed by atoms with Crippen molar-refractivity contribution in [1.29, 1.82) is 0 Å². The van der Waals surface area contributed by atoms with E-state index in [0.29, 0.717) is 25.1 Å². The molecule has 2 aliphatic rings. The standard InChI is InChI=1S/C17H21NO6S/c1-3-22-17(21)12-8-25-16(18-12)13-5-4-10-11(7-19)15(23-9(2)20)6-14(10)24-13/h7-8,10-11,13-15H,3-6H2,1-2H3/t10-,11-,13-,14+,15-/m1/s1. The number of ether oxygens (including phenoxy) is 3. The van der Waals surface area contributed by atoms with E-state index in [1.165, 1.54) is 18.3 Å². The van der Waals surface area contributed by atoms with Gasteiger partial charge in [0.2, 0.25) is 0 Å². The van der Waals surface area contributed by atoms with Crippen molar-refractivity contribution in [3.8, 4) is 0 Å². The predicted octanol–water partition coefficient (Wildman–Crippen LogP) is 2.31. The molecule has 25 heavy (non-hydrogen) atoms. The molecule has 1 aliphatic carbocycles. The van der Waals surface area contributed by atoms with Crippen LogP contribution in [0, 0.1) is 11.8 Å². The van der Waals surface area contributed by atoms with Gasteiger partial charge in [0, 0.05) is 18.7 Å². The van der Waals surface area contributed by atoms with Gasteiger partial charge in [0.1, 0.15) is 23.5 Å². The smallest absolute Gasteiger partial charge is 0.357 e. The van der Waals surface area contributed by atoms with E-state index in [9.17, 15) is 14.4 Å². The van der Waals surface area contributed by atoms with Gasteiger partial charge in [-0.05, 0) is 25.7 Å². The van der Waals surface area contributed by atoms with Crippen molar-refractivity contribution >= 4 is 29.6 Å². The molecule has 1 saturated heterocycles. The van der Waals surface area contributed by atoms with E-state index in [1.807, 2.05) is 0 Å². The molecule has 2 fully saturated rings. The van der Waals surface area contributed by atoms with Gasteiger partial charge in [0.05, 0.1) is 18.6 Å². The maximum absolute atomic E-state index is 11.7. The number of hydrogen-bond acceptors (Lipinski definition) is 8. The Balaban J connectivity index is 1.68. The van der Waals surface area contributed by atoms with E-state index < -0.39 is 12.1 Å². The second-order valence-corrected chi connectivity index (χ2v) is 7.18. The van der Waals surface area contributed by atoms with Crippen molar-refractivity contribution in [3.63, 3.8) is 0 Å². The summed E-state index contributed by atoms with van der Waals surface area (Å²) >= 11 is 1.37. The summed E-state index contributed by atoms with van der Waals surface area (Å²) in [6.45, 7) is 3.40. The molecule has 0 spiro atoms. The van der Waals surface area contributed by atoms with E-state index in [0.717, 1.165) is 17.7 Å². The van der Waals surface area contributed by atoms with Crippen molar-refractivity contribution in [1.82, 2.24) is 4.98 Å². The van der Waals surface area contributed by atoms with Gasteiger partial charge < -0.3 is 19.0 Å². The molecule has 1 aromatic heterocycles. The monoisotopic (exact) mass is 367 g/mol. The fourth-order valence-electron chi connectivity index (χ4n) is 3.69. The lowest BCUT2D eigenvalue weighted by Crippen LogP contribution is -2.31. The summed E-state index contributed by atoms with van der Waals surface area (Å²) < 4.78 is 16.4. The highest BCUT2D eigenvalue weighted by molar-refractivity contribution is 7.09. The van der Waals surface area contributed by atoms with Crippen LogP contribution in [0.1, 0.15) is 54.7 Å². The molecule has 7 nitrogen and oxygen atoms in total. The summed E-state index contributed by atoms with van der Waals surface area (Å²) in [5.41, 5.74) is 0.294. The SMILES string of the molecule is CCOC(=O)c1csc([C@H]2CC[C@@H]3[C@@H](C=O)[C@H](OC(C)=O)C[C@@H]3O2)n1. The van der Waals surface area contributed by atoms with Gasteiger partial charge >= 0.3 is 11.9 Å². The maximum atomic E-state index is 11.7. The van der Waals surface area contributed by atoms with Crippen LogP contribution in [0.15, 0.2) is 5.38 Å². The Morgan fingerprint density at radius 1 is 1.44 bits per heavy atom. The number of carbonyl (C=O) groups is 3. The minimum Gasteiger partial charge on any atom is -0.462 e. The molecule has 2 heterocycles. The number of carbonyl (C=O) groups excluding carboxylic acids is 3. The Morgan fingerprint density at radius 3 is 2.92 bits per heavy atom. The first-order valence-corrected chi connectivity index (χ1v) is 9.32. The topological polar surface area (TPSA) is 91.8 Å². The van der Waals surface area contributed by atoms with E-state index in [4.69, 9.17) is 14.2 Å². The zero-order valence-electron chi connectivity index (χ0n) is 14.2. The van der Waals surface area contributed by atoms with Gasteiger partial charge in [0.15, 0.2) is 5.69 Å². The number of thiazole rings is 1. The number of esters is 2. The zero-order valence-corrected chi connectivity index (χ0v) is 15.0. The Labute approximate surface area is 149 Å². The number of aromatic nitrogens is 1. The molecule has 0 bridgehead atoms. The number of nitrogens with zero attached hydrogens (tertiary/aromatic N) is 1. The number of fused-ring (bicyclic) bond motifs is 1. The van der Waals surface area contributed by atoms with Gasteiger partial charge in [-0.2, -0.15) is 0 Å². The van der Waals surface area contributed by atoms with Crippen LogP contribution in [0.4, 0.5) is 0 Å². The highest BCUT2D eigenvalue weighted by Crippen LogP contribution is 2.46. The molecule has 5 atom stereocenters. The molecule has 1 aliphatic heterocycles. The van der Waals surface area contributed by atoms with Gasteiger partial charge in [0.25, 0.3) is 0 Å². The van der Waals surface area contributed by atoms with E-state index in [1.54, 1.807) is 12.3 Å². The first-order valence-electron chi connectivity index (χ1n) is 8.44. The Kier molecular flexibility index (Phi) is 5.48.